The van der Waals surface area contributed by atoms with Crippen LogP contribution in [0.2, 0.25) is 0 Å². The second-order valence-corrected chi connectivity index (χ2v) is 7.63. The van der Waals surface area contributed by atoms with Crippen molar-refractivity contribution in [2.45, 2.75) is 13.0 Å². The lowest BCUT2D eigenvalue weighted by molar-refractivity contribution is 0.0683. The number of carbonyl (C=O) groups excluding carboxylic acids is 1. The second kappa shape index (κ2) is 6.78. The minimum Gasteiger partial charge on any atom is -0.459 e. The van der Waals surface area contributed by atoms with Crippen LogP contribution in [0.3, 0.4) is 0 Å². The fraction of sp³-hybridized carbons (Fsp3) is 0.318. The lowest BCUT2D eigenvalue weighted by Gasteiger charge is -2.30. The van der Waals surface area contributed by atoms with E-state index in [1.54, 1.807) is 30.9 Å². The molecule has 3 aromatic rings. The number of hydrogen-bond donors (Lipinski definition) is 0. The normalized spacial score (nSPS) is 23.8. The van der Waals surface area contributed by atoms with E-state index in [2.05, 4.69) is 40.0 Å². The van der Waals surface area contributed by atoms with Gasteiger partial charge >= 0.3 is 0 Å². The molecule has 0 radical (unpaired) electrons. The Kier molecular flexibility index (Phi) is 4.11. The number of anilines is 1. The summed E-state index contributed by atoms with van der Waals surface area (Å²) in [6, 6.07) is 13.9. The number of amides is 1. The highest BCUT2D eigenvalue weighted by molar-refractivity contribution is 5.92. The van der Waals surface area contributed by atoms with E-state index in [0.29, 0.717) is 17.6 Å². The highest BCUT2D eigenvalue weighted by atomic mass is 16.3. The molecule has 1 amide bonds. The molecule has 0 spiro atoms. The van der Waals surface area contributed by atoms with E-state index in [1.165, 1.54) is 11.1 Å². The average molecular weight is 374 g/mol. The summed E-state index contributed by atoms with van der Waals surface area (Å²) < 4.78 is 5.42. The van der Waals surface area contributed by atoms with Crippen molar-refractivity contribution < 1.29 is 9.21 Å². The fourth-order valence-electron chi connectivity index (χ4n) is 4.77. The molecule has 0 unspecified atom stereocenters. The van der Waals surface area contributed by atoms with Crippen molar-refractivity contribution in [3.8, 4) is 0 Å². The zero-order valence-corrected chi connectivity index (χ0v) is 15.7. The Morgan fingerprint density at radius 3 is 2.75 bits per heavy atom. The Balaban J connectivity index is 1.50. The van der Waals surface area contributed by atoms with Crippen LogP contribution in [0, 0.1) is 18.8 Å². The van der Waals surface area contributed by atoms with Crippen LogP contribution in [0.1, 0.15) is 27.7 Å². The molecule has 0 bridgehead atoms. The zero-order chi connectivity index (χ0) is 19.1. The number of furan rings is 1. The average Bonchev–Trinajstić information content (AvgIpc) is 3.45. The number of fused-ring (bicyclic) bond motifs is 1. The first kappa shape index (κ1) is 17.0. The molecule has 0 saturated carbocycles. The number of rotatable bonds is 3. The Hall–Kier alpha value is -3.15. The summed E-state index contributed by atoms with van der Waals surface area (Å²) in [4.78, 5) is 26.0. The van der Waals surface area contributed by atoms with Crippen LogP contribution in [-0.4, -0.2) is 40.4 Å². The van der Waals surface area contributed by atoms with Crippen LogP contribution in [0.25, 0.3) is 0 Å². The van der Waals surface area contributed by atoms with Crippen LogP contribution >= 0.6 is 0 Å². The molecule has 28 heavy (non-hydrogen) atoms. The number of likely N-dealkylation sites (tertiary alicyclic amines) is 1. The third-order valence-electron chi connectivity index (χ3n) is 6.05. The Labute approximate surface area is 163 Å². The number of carbonyl (C=O) groups is 1. The highest BCUT2D eigenvalue weighted by Gasteiger charge is 2.50. The van der Waals surface area contributed by atoms with Gasteiger partial charge in [-0.1, -0.05) is 24.3 Å². The van der Waals surface area contributed by atoms with Gasteiger partial charge in [-0.05, 0) is 36.2 Å². The monoisotopic (exact) mass is 374 g/mol. The van der Waals surface area contributed by atoms with Gasteiger partial charge in [-0.3, -0.25) is 4.79 Å². The van der Waals surface area contributed by atoms with Gasteiger partial charge in [0.15, 0.2) is 5.76 Å². The van der Waals surface area contributed by atoms with Crippen LogP contribution in [-0.2, 0) is 0 Å². The molecular weight excluding hydrogens is 352 g/mol. The van der Waals surface area contributed by atoms with Crippen molar-refractivity contribution in [2.75, 3.05) is 24.5 Å². The first-order valence-electron chi connectivity index (χ1n) is 9.63. The fourth-order valence-corrected chi connectivity index (χ4v) is 4.77. The third kappa shape index (κ3) is 2.76. The summed E-state index contributed by atoms with van der Waals surface area (Å²) in [5.74, 6) is 2.10. The summed E-state index contributed by atoms with van der Waals surface area (Å²) >= 11 is 0. The Morgan fingerprint density at radius 2 is 2.00 bits per heavy atom. The summed E-state index contributed by atoms with van der Waals surface area (Å²) in [7, 11) is 0. The van der Waals surface area contributed by atoms with E-state index in [9.17, 15) is 4.79 Å². The predicted molar refractivity (Wildman–Crippen MR) is 105 cm³/mol. The molecule has 3 atom stereocenters. The summed E-state index contributed by atoms with van der Waals surface area (Å²) in [6.45, 7) is 4.62. The topological polar surface area (TPSA) is 62.5 Å². The quantitative estimate of drug-likeness (QED) is 0.704. The van der Waals surface area contributed by atoms with Crippen molar-refractivity contribution in [1.29, 1.82) is 0 Å². The third-order valence-corrected chi connectivity index (χ3v) is 6.05. The lowest BCUT2D eigenvalue weighted by atomic mass is 9.87. The molecule has 0 aliphatic carbocycles. The second-order valence-electron chi connectivity index (χ2n) is 7.63. The molecule has 0 N–H and O–H groups in total. The van der Waals surface area contributed by atoms with Crippen LogP contribution in [0.4, 0.5) is 5.82 Å². The van der Waals surface area contributed by atoms with Gasteiger partial charge in [0.25, 0.3) is 5.91 Å². The van der Waals surface area contributed by atoms with Gasteiger partial charge in [-0.15, -0.1) is 0 Å². The first-order valence-corrected chi connectivity index (χ1v) is 9.63. The maximum absolute atomic E-state index is 13.2. The van der Waals surface area contributed by atoms with Crippen molar-refractivity contribution >= 4 is 11.7 Å². The zero-order valence-electron chi connectivity index (χ0n) is 15.7. The smallest absolute Gasteiger partial charge is 0.290 e. The largest absolute Gasteiger partial charge is 0.459 e. The van der Waals surface area contributed by atoms with Gasteiger partial charge in [0.2, 0.25) is 0 Å². The number of benzene rings is 1. The van der Waals surface area contributed by atoms with Crippen LogP contribution in [0.15, 0.2) is 65.7 Å². The molecular formula is C22H22N4O2. The molecule has 2 aromatic heterocycles. The summed E-state index contributed by atoms with van der Waals surface area (Å²) in [5, 5.41) is 0. The van der Waals surface area contributed by atoms with Gasteiger partial charge in [-0.2, -0.15) is 0 Å². The van der Waals surface area contributed by atoms with Crippen molar-refractivity contribution in [3.63, 3.8) is 0 Å². The Morgan fingerprint density at radius 1 is 1.11 bits per heavy atom. The maximum atomic E-state index is 13.2. The number of aromatic nitrogens is 2. The predicted octanol–water partition coefficient (Wildman–Crippen LogP) is 3.33. The molecule has 6 heteroatoms. The first-order chi connectivity index (χ1) is 13.7. The van der Waals surface area contributed by atoms with E-state index >= 15 is 0 Å². The molecule has 6 nitrogen and oxygen atoms in total. The minimum atomic E-state index is -0.0266. The van der Waals surface area contributed by atoms with E-state index in [4.69, 9.17) is 4.42 Å². The van der Waals surface area contributed by atoms with Crippen LogP contribution < -0.4 is 4.90 Å². The van der Waals surface area contributed by atoms with Crippen molar-refractivity contribution in [3.05, 3.63) is 78.1 Å². The van der Waals surface area contributed by atoms with E-state index in [1.807, 2.05) is 17.0 Å². The molecule has 4 heterocycles. The maximum Gasteiger partial charge on any atom is 0.290 e. The van der Waals surface area contributed by atoms with Gasteiger partial charge in [-0.25, -0.2) is 9.97 Å². The summed E-state index contributed by atoms with van der Waals surface area (Å²) in [6.07, 6.45) is 4.93. The summed E-state index contributed by atoms with van der Waals surface area (Å²) in [5.41, 5.74) is 2.44. The highest BCUT2D eigenvalue weighted by Crippen LogP contribution is 2.46. The number of aryl methyl sites for hydroxylation is 1. The van der Waals surface area contributed by atoms with Gasteiger partial charge < -0.3 is 14.2 Å². The molecule has 2 fully saturated rings. The minimum absolute atomic E-state index is 0.0266. The standard InChI is InChI=1S/C22H22N4O2/c1-15-5-2-3-6-17(15)21-18-13-25(20-8-9-23-14-24-20)11-16(18)12-26(21)22(27)19-7-4-10-28-19/h2-10,14,16,18,21H,11-13H2,1H3/t16-,18-,21+/m0/s1. The van der Waals surface area contributed by atoms with Crippen LogP contribution in [0.5, 0.6) is 0 Å². The van der Waals surface area contributed by atoms with Gasteiger partial charge in [0, 0.05) is 37.7 Å². The van der Waals surface area contributed by atoms with Gasteiger partial charge in [0.05, 0.1) is 12.3 Å². The Bertz CT molecular complexity index is 973. The van der Waals surface area contributed by atoms with E-state index in [-0.39, 0.29) is 11.9 Å². The molecule has 142 valence electrons. The molecule has 2 saturated heterocycles. The van der Waals surface area contributed by atoms with Gasteiger partial charge in [0.1, 0.15) is 12.1 Å². The SMILES string of the molecule is Cc1ccccc1[C@@H]1[C@H]2CN(c3ccncn3)C[C@H]2CN1C(=O)c1ccco1. The van der Waals surface area contributed by atoms with Crippen molar-refractivity contribution in [2.24, 2.45) is 11.8 Å². The van der Waals surface area contributed by atoms with Crippen molar-refractivity contribution in [1.82, 2.24) is 14.9 Å². The van der Waals surface area contributed by atoms with E-state index in [0.717, 1.165) is 25.5 Å². The van der Waals surface area contributed by atoms with E-state index < -0.39 is 0 Å². The molecule has 1 aromatic carbocycles. The molecule has 5 rings (SSSR count). The molecule has 2 aliphatic rings. The number of hydrogen-bond acceptors (Lipinski definition) is 5. The molecule has 2 aliphatic heterocycles. The lowest BCUT2D eigenvalue weighted by Crippen LogP contribution is -2.36. The number of nitrogens with zero attached hydrogens (tertiary/aromatic N) is 4.